The van der Waals surface area contributed by atoms with Crippen LogP contribution < -0.4 is 15.4 Å². The summed E-state index contributed by atoms with van der Waals surface area (Å²) in [5, 5.41) is 2.52. The van der Waals surface area contributed by atoms with Crippen LogP contribution in [0.2, 0.25) is 0 Å². The molecule has 1 saturated heterocycles. The van der Waals surface area contributed by atoms with E-state index in [0.717, 1.165) is 43.7 Å². The van der Waals surface area contributed by atoms with E-state index in [4.69, 9.17) is 22.0 Å². The highest BCUT2D eigenvalue weighted by Crippen LogP contribution is 2.32. The molecule has 2 atom stereocenters. The first-order chi connectivity index (χ1) is 19.9. The van der Waals surface area contributed by atoms with E-state index >= 15 is 0 Å². The quantitative estimate of drug-likeness (QED) is 0.321. The summed E-state index contributed by atoms with van der Waals surface area (Å²) in [7, 11) is 2.14. The summed E-state index contributed by atoms with van der Waals surface area (Å²) < 4.78 is 5.96. The van der Waals surface area contributed by atoms with Crippen LogP contribution in [0, 0.1) is 6.57 Å². The van der Waals surface area contributed by atoms with E-state index in [1.54, 1.807) is 4.90 Å². The zero-order valence-electron chi connectivity index (χ0n) is 24.4. The van der Waals surface area contributed by atoms with Crippen LogP contribution in [0.25, 0.3) is 15.6 Å². The van der Waals surface area contributed by atoms with E-state index in [0.29, 0.717) is 37.6 Å². The summed E-state index contributed by atoms with van der Waals surface area (Å²) in [4.78, 5) is 29.9. The van der Waals surface area contributed by atoms with E-state index < -0.39 is 0 Å². The Kier molecular flexibility index (Phi) is 10.1. The van der Waals surface area contributed by atoms with E-state index in [9.17, 15) is 4.79 Å². The molecule has 9 heteroatoms. The second kappa shape index (κ2) is 14.0. The Balaban J connectivity index is 0.000000275. The first kappa shape index (κ1) is 29.8. The minimum Gasteiger partial charge on any atom is -0.462 e. The Bertz CT molecular complexity index is 1400. The number of likely N-dealkylation sites (tertiary alicyclic amines) is 1. The van der Waals surface area contributed by atoms with Gasteiger partial charge in [0.1, 0.15) is 18.5 Å². The number of amides is 1. The minimum absolute atomic E-state index is 0.0157. The van der Waals surface area contributed by atoms with E-state index in [-0.39, 0.29) is 11.9 Å². The molecular weight excluding hydrogens is 514 g/mol. The van der Waals surface area contributed by atoms with Crippen LogP contribution in [0.4, 0.5) is 11.5 Å². The molecular formula is C32H41N7O2. The Morgan fingerprint density at radius 1 is 1.27 bits per heavy atom. The van der Waals surface area contributed by atoms with E-state index in [2.05, 4.69) is 75.7 Å². The molecule has 0 spiro atoms. The third-order valence-corrected chi connectivity index (χ3v) is 7.95. The number of anilines is 2. The number of nitrogens with two attached hydrogens (primary N) is 1. The van der Waals surface area contributed by atoms with Crippen molar-refractivity contribution < 1.29 is 9.53 Å². The first-order valence-corrected chi connectivity index (χ1v) is 14.3. The van der Waals surface area contributed by atoms with Gasteiger partial charge in [-0.2, -0.15) is 9.97 Å². The van der Waals surface area contributed by atoms with Gasteiger partial charge in [0.2, 0.25) is 12.5 Å². The third kappa shape index (κ3) is 7.14. The largest absolute Gasteiger partial charge is 0.462 e. The maximum Gasteiger partial charge on any atom is 0.318 e. The number of nitrogen functional groups attached to an aromatic ring is 1. The number of carbonyl (C=O) groups is 1. The number of hydrogen-bond donors (Lipinski definition) is 1. The lowest BCUT2D eigenvalue weighted by atomic mass is 10.0. The van der Waals surface area contributed by atoms with Crippen molar-refractivity contribution in [3.05, 3.63) is 77.8 Å². The number of likely N-dealkylation sites (N-methyl/N-ethyl adjacent to an activating group) is 2. The van der Waals surface area contributed by atoms with Gasteiger partial charge in [-0.1, -0.05) is 43.0 Å². The number of benzene rings is 2. The summed E-state index contributed by atoms with van der Waals surface area (Å²) in [5.41, 5.74) is 9.54. The maximum absolute atomic E-state index is 11.2. The van der Waals surface area contributed by atoms with Gasteiger partial charge in [-0.15, -0.1) is 0 Å². The fraction of sp³-hybridized carbons (Fsp3) is 0.438. The highest BCUT2D eigenvalue weighted by atomic mass is 16.5. The average Bonchev–Trinajstić information content (AvgIpc) is 3.40. The maximum atomic E-state index is 11.2. The second-order valence-corrected chi connectivity index (χ2v) is 10.6. The van der Waals surface area contributed by atoms with Crippen molar-refractivity contribution in [1.29, 1.82) is 0 Å². The first-order valence-electron chi connectivity index (χ1n) is 14.3. The lowest BCUT2D eigenvalue weighted by Crippen LogP contribution is -2.38. The monoisotopic (exact) mass is 555 g/mol. The number of carbonyl (C=O) groups excluding carboxylic acids is 1. The van der Waals surface area contributed by atoms with Crippen molar-refractivity contribution in [2.75, 3.05) is 50.5 Å². The molecule has 2 N–H and O–H groups in total. The van der Waals surface area contributed by atoms with Crippen LogP contribution >= 0.6 is 0 Å². The average molecular weight is 556 g/mol. The summed E-state index contributed by atoms with van der Waals surface area (Å²) >= 11 is 0. The van der Waals surface area contributed by atoms with Gasteiger partial charge in [-0.05, 0) is 64.2 Å². The van der Waals surface area contributed by atoms with Crippen molar-refractivity contribution in [1.82, 2.24) is 19.8 Å². The fourth-order valence-corrected chi connectivity index (χ4v) is 5.58. The van der Waals surface area contributed by atoms with E-state index in [1.165, 1.54) is 29.0 Å². The molecule has 1 fully saturated rings. The summed E-state index contributed by atoms with van der Waals surface area (Å²) in [6, 6.07) is 15.8. The summed E-state index contributed by atoms with van der Waals surface area (Å²) in [5.74, 6) is 0.455. The molecule has 2 aliphatic heterocycles. The number of ether oxygens (including phenoxy) is 1. The standard InChI is InChI=1S/C23H27N5O.C9H14N2O/c1-27-12-5-8-17(27)15-29-23-25-20-14-28(13-11-19(20)22(24)26-23)21-10-4-7-16-6-2-3-9-18(16)21;1-5-9(12)11(6-2)8(3)7-10-4/h2-4,6-7,9-10,17H,5,8,11-15H2,1H3,(H2,24,25,26);5,8H,1,6-7H2,2-3H3/t17-;/m1./s1. The number of rotatable bonds is 8. The predicted molar refractivity (Wildman–Crippen MR) is 165 cm³/mol. The Labute approximate surface area is 243 Å². The number of fused-ring (bicyclic) bond motifs is 2. The van der Waals surface area contributed by atoms with Gasteiger partial charge in [0.25, 0.3) is 0 Å². The molecule has 41 heavy (non-hydrogen) atoms. The lowest BCUT2D eigenvalue weighted by Gasteiger charge is -2.31. The van der Waals surface area contributed by atoms with Crippen molar-refractivity contribution in [3.8, 4) is 6.01 Å². The molecule has 0 saturated carbocycles. The highest BCUT2D eigenvalue weighted by molar-refractivity contribution is 5.94. The molecule has 1 aromatic heterocycles. The molecule has 2 aromatic carbocycles. The van der Waals surface area contributed by atoms with Crippen molar-refractivity contribution in [2.24, 2.45) is 0 Å². The van der Waals surface area contributed by atoms with Crippen LogP contribution in [-0.2, 0) is 17.8 Å². The molecule has 1 unspecified atom stereocenters. The minimum atomic E-state index is -0.103. The smallest absolute Gasteiger partial charge is 0.318 e. The third-order valence-electron chi connectivity index (χ3n) is 7.95. The number of aromatic nitrogens is 2. The van der Waals surface area contributed by atoms with Crippen molar-refractivity contribution in [2.45, 2.75) is 51.7 Å². The molecule has 5 rings (SSSR count). The molecule has 3 aromatic rings. The van der Waals surface area contributed by atoms with E-state index in [1.807, 2.05) is 13.8 Å². The number of nitrogens with zero attached hydrogens (tertiary/aromatic N) is 6. The molecule has 216 valence electrons. The topological polar surface area (TPSA) is 92.2 Å². The predicted octanol–water partition coefficient (Wildman–Crippen LogP) is 4.58. The van der Waals surface area contributed by atoms with Gasteiger partial charge < -0.3 is 30.0 Å². The van der Waals surface area contributed by atoms with Crippen LogP contribution in [0.5, 0.6) is 6.01 Å². The van der Waals surface area contributed by atoms with Gasteiger partial charge in [0.05, 0.1) is 12.2 Å². The highest BCUT2D eigenvalue weighted by Gasteiger charge is 2.25. The van der Waals surface area contributed by atoms with Crippen LogP contribution in [0.15, 0.2) is 55.1 Å². The molecule has 9 nitrogen and oxygen atoms in total. The summed E-state index contributed by atoms with van der Waals surface area (Å²) in [6.07, 6.45) is 4.50. The molecule has 3 heterocycles. The normalized spacial score (nSPS) is 17.1. The Hall–Kier alpha value is -4.16. The molecule has 1 amide bonds. The number of hydrogen-bond acceptors (Lipinski definition) is 7. The SMILES string of the molecule is CN1CCC[C@@H]1COc1nc(N)c2c(n1)CN(c1cccc3ccccc13)CC2.[C-]#[N+]CC(C)N(CC)C(=O)C=C. The fourth-order valence-electron chi connectivity index (χ4n) is 5.58. The van der Waals surface area contributed by atoms with Crippen LogP contribution in [-0.4, -0.2) is 77.6 Å². The zero-order chi connectivity index (χ0) is 29.4. The Morgan fingerprint density at radius 2 is 2.05 bits per heavy atom. The van der Waals surface area contributed by atoms with Crippen molar-refractivity contribution in [3.63, 3.8) is 0 Å². The van der Waals surface area contributed by atoms with Gasteiger partial charge in [0.15, 0.2) is 0 Å². The lowest BCUT2D eigenvalue weighted by molar-refractivity contribution is -0.127. The van der Waals surface area contributed by atoms with Gasteiger partial charge in [-0.25, -0.2) is 6.57 Å². The van der Waals surface area contributed by atoms with Crippen LogP contribution in [0.3, 0.4) is 0 Å². The van der Waals surface area contributed by atoms with Gasteiger partial charge >= 0.3 is 6.01 Å². The van der Waals surface area contributed by atoms with Crippen LogP contribution in [0.1, 0.15) is 37.9 Å². The van der Waals surface area contributed by atoms with Crippen molar-refractivity contribution >= 4 is 28.2 Å². The molecule has 0 aliphatic carbocycles. The van der Waals surface area contributed by atoms with Gasteiger partial charge in [-0.3, -0.25) is 4.79 Å². The second-order valence-electron chi connectivity index (χ2n) is 10.6. The van der Waals surface area contributed by atoms with Gasteiger partial charge in [0, 0.05) is 35.8 Å². The molecule has 2 aliphatic rings. The Morgan fingerprint density at radius 3 is 2.76 bits per heavy atom. The zero-order valence-corrected chi connectivity index (χ0v) is 24.4. The summed E-state index contributed by atoms with van der Waals surface area (Å²) in [6.45, 7) is 18.2. The molecule has 0 radical (unpaired) electrons. The molecule has 0 bridgehead atoms.